The fourth-order valence-corrected chi connectivity index (χ4v) is 3.76. The second-order valence-corrected chi connectivity index (χ2v) is 7.50. The fourth-order valence-electron chi connectivity index (χ4n) is 3.76. The van der Waals surface area contributed by atoms with Crippen molar-refractivity contribution in [2.75, 3.05) is 47.7 Å². The number of hydrogen-bond donors (Lipinski definition) is 0. The second kappa shape index (κ2) is 11.6. The highest BCUT2D eigenvalue weighted by Crippen LogP contribution is 2.35. The Balaban J connectivity index is 1.80. The Morgan fingerprint density at radius 1 is 1.15 bits per heavy atom. The maximum atomic E-state index is 13.0. The summed E-state index contributed by atoms with van der Waals surface area (Å²) in [7, 11) is 4.91. The standard InChI is InChI=1S/C25H31N3O5/c1-6-21(15-26-3)28-16-20-12-18(11-17(2)23(20)25(28)29)19-13-22(31-5)24(27-14-19)33-10-9-32-8-7-30-4/h6,11-15H,7-10,16H2,1-5H3/b21-6+,26-15-. The third-order valence-corrected chi connectivity index (χ3v) is 5.34. The van der Waals surface area contributed by atoms with Crippen molar-refractivity contribution in [2.45, 2.75) is 20.4 Å². The normalized spacial score (nSPS) is 13.7. The van der Waals surface area contributed by atoms with Gasteiger partial charge in [0.25, 0.3) is 11.8 Å². The minimum Gasteiger partial charge on any atom is -0.491 e. The molecule has 1 amide bonds. The van der Waals surface area contributed by atoms with Gasteiger partial charge in [-0.25, -0.2) is 4.98 Å². The molecule has 1 aliphatic heterocycles. The number of nitrogens with zero attached hydrogens (tertiary/aromatic N) is 3. The van der Waals surface area contributed by atoms with Crippen molar-refractivity contribution in [3.63, 3.8) is 0 Å². The van der Waals surface area contributed by atoms with Gasteiger partial charge in [-0.05, 0) is 42.7 Å². The molecule has 0 spiro atoms. The Morgan fingerprint density at radius 2 is 1.94 bits per heavy atom. The number of pyridine rings is 1. The van der Waals surface area contributed by atoms with Crippen molar-refractivity contribution in [3.05, 3.63) is 52.9 Å². The average Bonchev–Trinajstić information content (AvgIpc) is 3.16. The van der Waals surface area contributed by atoms with E-state index in [1.165, 1.54) is 0 Å². The number of carbonyl (C=O) groups is 1. The smallest absolute Gasteiger partial charge is 0.259 e. The molecule has 0 radical (unpaired) electrons. The molecule has 1 aromatic carbocycles. The molecule has 8 heteroatoms. The van der Waals surface area contributed by atoms with Crippen molar-refractivity contribution in [1.82, 2.24) is 9.88 Å². The summed E-state index contributed by atoms with van der Waals surface area (Å²) in [6, 6.07) is 5.94. The molecule has 8 nitrogen and oxygen atoms in total. The first kappa shape index (κ1) is 24.4. The van der Waals surface area contributed by atoms with Gasteiger partial charge < -0.3 is 23.8 Å². The molecule has 1 aliphatic rings. The quantitative estimate of drug-likeness (QED) is 0.381. The van der Waals surface area contributed by atoms with E-state index in [1.54, 1.807) is 38.6 Å². The zero-order chi connectivity index (χ0) is 23.8. The zero-order valence-corrected chi connectivity index (χ0v) is 19.9. The molecule has 2 aromatic rings. The summed E-state index contributed by atoms with van der Waals surface area (Å²) in [6.07, 6.45) is 5.35. The molecule has 0 saturated carbocycles. The highest BCUT2D eigenvalue weighted by molar-refractivity contribution is 6.04. The van der Waals surface area contributed by atoms with Gasteiger partial charge in [0.1, 0.15) is 6.61 Å². The Hall–Kier alpha value is -3.23. The molecule has 2 heterocycles. The van der Waals surface area contributed by atoms with E-state index < -0.39 is 0 Å². The van der Waals surface area contributed by atoms with E-state index in [2.05, 4.69) is 9.98 Å². The maximum Gasteiger partial charge on any atom is 0.259 e. The molecule has 33 heavy (non-hydrogen) atoms. The molecule has 1 aromatic heterocycles. The number of ether oxygens (including phenoxy) is 4. The summed E-state index contributed by atoms with van der Waals surface area (Å²) in [5.74, 6) is 0.942. The van der Waals surface area contributed by atoms with Crippen molar-refractivity contribution >= 4 is 12.1 Å². The largest absolute Gasteiger partial charge is 0.491 e. The number of aryl methyl sites for hydroxylation is 1. The molecule has 0 bridgehead atoms. The van der Waals surface area contributed by atoms with Crippen LogP contribution in [0, 0.1) is 6.92 Å². The number of rotatable bonds is 11. The van der Waals surface area contributed by atoms with Crippen LogP contribution in [0.5, 0.6) is 11.6 Å². The molecule has 0 fully saturated rings. The van der Waals surface area contributed by atoms with Crippen LogP contribution >= 0.6 is 0 Å². The predicted octanol–water partition coefficient (Wildman–Crippen LogP) is 3.67. The third-order valence-electron chi connectivity index (χ3n) is 5.34. The molecule has 0 N–H and O–H groups in total. The zero-order valence-electron chi connectivity index (χ0n) is 19.9. The van der Waals surface area contributed by atoms with Gasteiger partial charge >= 0.3 is 0 Å². The lowest BCUT2D eigenvalue weighted by atomic mass is 9.97. The summed E-state index contributed by atoms with van der Waals surface area (Å²) in [6.45, 7) is 6.21. The van der Waals surface area contributed by atoms with Crippen LogP contribution in [0.25, 0.3) is 11.1 Å². The van der Waals surface area contributed by atoms with Crippen LogP contribution < -0.4 is 9.47 Å². The predicted molar refractivity (Wildman–Crippen MR) is 127 cm³/mol. The van der Waals surface area contributed by atoms with Gasteiger partial charge in [0.15, 0.2) is 5.75 Å². The first-order valence-electron chi connectivity index (χ1n) is 10.8. The monoisotopic (exact) mass is 453 g/mol. The number of hydrogen-bond acceptors (Lipinski definition) is 7. The van der Waals surface area contributed by atoms with Crippen LogP contribution in [0.2, 0.25) is 0 Å². The number of amides is 1. The van der Waals surface area contributed by atoms with Gasteiger partial charge in [-0.15, -0.1) is 0 Å². The summed E-state index contributed by atoms with van der Waals surface area (Å²) in [5.41, 5.74) is 5.28. The van der Waals surface area contributed by atoms with E-state index in [4.69, 9.17) is 18.9 Å². The third kappa shape index (κ3) is 5.58. The SMILES string of the molecule is C/C=C(\C=N/C)N1Cc2cc(-c3cnc(OCCOCCOC)c(OC)c3)cc(C)c2C1=O. The van der Waals surface area contributed by atoms with E-state index in [0.717, 1.165) is 33.5 Å². The van der Waals surface area contributed by atoms with Crippen LogP contribution in [0.4, 0.5) is 0 Å². The molecule has 176 valence electrons. The van der Waals surface area contributed by atoms with Crippen molar-refractivity contribution in [2.24, 2.45) is 4.99 Å². The number of aliphatic imine (C=N–C) groups is 1. The first-order chi connectivity index (χ1) is 16.0. The minimum absolute atomic E-state index is 0.00535. The van der Waals surface area contributed by atoms with E-state index in [1.807, 2.05) is 38.1 Å². The minimum atomic E-state index is -0.00535. The molecule has 0 aliphatic carbocycles. The fraction of sp³-hybridized carbons (Fsp3) is 0.400. The van der Waals surface area contributed by atoms with E-state index in [-0.39, 0.29) is 5.91 Å². The van der Waals surface area contributed by atoms with Crippen molar-refractivity contribution in [1.29, 1.82) is 0 Å². The number of fused-ring (bicyclic) bond motifs is 1. The Labute approximate surface area is 194 Å². The molecular weight excluding hydrogens is 422 g/mol. The Bertz CT molecular complexity index is 1050. The van der Waals surface area contributed by atoms with Crippen molar-refractivity contribution < 1.29 is 23.7 Å². The lowest BCUT2D eigenvalue weighted by molar-refractivity contribution is 0.0532. The van der Waals surface area contributed by atoms with Crippen LogP contribution in [0.3, 0.4) is 0 Å². The number of allylic oxidation sites excluding steroid dienone is 2. The lowest BCUT2D eigenvalue weighted by Gasteiger charge is -2.15. The lowest BCUT2D eigenvalue weighted by Crippen LogP contribution is -2.24. The van der Waals surface area contributed by atoms with E-state index >= 15 is 0 Å². The van der Waals surface area contributed by atoms with Crippen LogP contribution in [0.1, 0.15) is 28.4 Å². The van der Waals surface area contributed by atoms with Gasteiger partial charge in [-0.3, -0.25) is 9.79 Å². The summed E-state index contributed by atoms with van der Waals surface area (Å²) < 4.78 is 21.6. The van der Waals surface area contributed by atoms with E-state index in [9.17, 15) is 4.79 Å². The number of benzene rings is 1. The highest BCUT2D eigenvalue weighted by Gasteiger charge is 2.31. The van der Waals surface area contributed by atoms with Crippen LogP contribution in [-0.2, 0) is 16.0 Å². The van der Waals surface area contributed by atoms with Crippen molar-refractivity contribution in [3.8, 4) is 22.8 Å². The number of carbonyl (C=O) groups excluding carboxylic acids is 1. The summed E-state index contributed by atoms with van der Waals surface area (Å²) in [4.78, 5) is 23.3. The van der Waals surface area contributed by atoms with Gasteiger partial charge in [-0.1, -0.05) is 12.1 Å². The molecule has 0 unspecified atom stereocenters. The number of aromatic nitrogens is 1. The van der Waals surface area contributed by atoms with Gasteiger partial charge in [0.05, 0.1) is 39.2 Å². The first-order valence-corrected chi connectivity index (χ1v) is 10.8. The molecule has 0 saturated heterocycles. The molecule has 0 atom stereocenters. The topological polar surface area (TPSA) is 82.5 Å². The maximum absolute atomic E-state index is 13.0. The van der Waals surface area contributed by atoms with Crippen LogP contribution in [0.15, 0.2) is 41.2 Å². The van der Waals surface area contributed by atoms with Gasteiger partial charge in [0.2, 0.25) is 0 Å². The highest BCUT2D eigenvalue weighted by atomic mass is 16.6. The molecule has 3 rings (SSSR count). The average molecular weight is 454 g/mol. The second-order valence-electron chi connectivity index (χ2n) is 7.50. The molecular formula is C25H31N3O5. The Kier molecular flexibility index (Phi) is 8.57. The Morgan fingerprint density at radius 3 is 2.64 bits per heavy atom. The number of methoxy groups -OCH3 is 2. The van der Waals surface area contributed by atoms with Crippen LogP contribution in [-0.4, -0.2) is 69.7 Å². The summed E-state index contributed by atoms with van der Waals surface area (Å²) >= 11 is 0. The van der Waals surface area contributed by atoms with E-state index in [0.29, 0.717) is 44.6 Å². The van der Waals surface area contributed by atoms with Gasteiger partial charge in [-0.2, -0.15) is 0 Å². The van der Waals surface area contributed by atoms with Gasteiger partial charge in [0, 0.05) is 37.7 Å². The summed E-state index contributed by atoms with van der Waals surface area (Å²) in [5, 5.41) is 0.